The molecule has 0 aromatic heterocycles. The van der Waals surface area contributed by atoms with Gasteiger partial charge in [-0.1, -0.05) is 0 Å². The van der Waals surface area contributed by atoms with Crippen molar-refractivity contribution in [2.24, 2.45) is 5.73 Å². The van der Waals surface area contributed by atoms with E-state index in [2.05, 4.69) is 5.82 Å². The molecule has 0 aromatic rings. The molecule has 4 heteroatoms. The van der Waals surface area contributed by atoms with Crippen molar-refractivity contribution in [2.75, 3.05) is 14.1 Å². The summed E-state index contributed by atoms with van der Waals surface area (Å²) in [6.45, 7) is 0. The van der Waals surface area contributed by atoms with Crippen molar-refractivity contribution in [3.63, 3.8) is 0 Å². The molecule has 0 rings (SSSR count). The van der Waals surface area contributed by atoms with Gasteiger partial charge in [0.25, 0.3) is 0 Å². The number of carbonyl (C=O) groups is 1. The Morgan fingerprint density at radius 2 is 2.18 bits per heavy atom. The summed E-state index contributed by atoms with van der Waals surface area (Å²) in [5, 5.41) is 1.12. The van der Waals surface area contributed by atoms with Crippen LogP contribution in [0.15, 0.2) is 0 Å². The predicted octanol–water partition coefficient (Wildman–Crippen LogP) is -0.0374. The Balaban J connectivity index is 3.80. The van der Waals surface area contributed by atoms with Crippen LogP contribution in [0.1, 0.15) is 6.42 Å². The fourth-order valence-electron chi connectivity index (χ4n) is 0.884. The maximum absolute atomic E-state index is 10.8. The van der Waals surface area contributed by atoms with E-state index in [0.717, 1.165) is 11.7 Å². The van der Waals surface area contributed by atoms with Crippen LogP contribution in [0.5, 0.6) is 0 Å². The van der Waals surface area contributed by atoms with Gasteiger partial charge in [-0.3, -0.25) is 0 Å². The van der Waals surface area contributed by atoms with Gasteiger partial charge in [-0.2, -0.15) is 0 Å². The molecule has 0 spiro atoms. The molecule has 0 saturated heterocycles. The average molecular weight is 223 g/mol. The molecule has 0 aliphatic heterocycles. The Morgan fingerprint density at radius 1 is 1.64 bits per heavy atom. The van der Waals surface area contributed by atoms with Crippen LogP contribution in [0.25, 0.3) is 0 Å². The van der Waals surface area contributed by atoms with Crippen LogP contribution in [0, 0.1) is 0 Å². The standard InChI is InChI=1S/C7H16N2OSe/c1-9(2)6(7(8)10)4-5-11-3/h6H,4-5H2,1-3H3,(H2,8,10)/t6-/m0/s1. The zero-order valence-corrected chi connectivity index (χ0v) is 9.05. The van der Waals surface area contributed by atoms with Gasteiger partial charge in [0, 0.05) is 0 Å². The fourth-order valence-corrected chi connectivity index (χ4v) is 1.85. The summed E-state index contributed by atoms with van der Waals surface area (Å²) in [6.07, 6.45) is 0.902. The first-order valence-electron chi connectivity index (χ1n) is 3.54. The Hall–Kier alpha value is -0.0505. The van der Waals surface area contributed by atoms with Crippen LogP contribution in [0.2, 0.25) is 11.1 Å². The van der Waals surface area contributed by atoms with Gasteiger partial charge in [0.2, 0.25) is 0 Å². The van der Waals surface area contributed by atoms with Gasteiger partial charge >= 0.3 is 74.0 Å². The molecule has 1 atom stereocenters. The minimum absolute atomic E-state index is 0.0724. The molecule has 1 amide bonds. The summed E-state index contributed by atoms with van der Waals surface area (Å²) >= 11 is 0.643. The van der Waals surface area contributed by atoms with Gasteiger partial charge in [-0.05, 0) is 0 Å². The van der Waals surface area contributed by atoms with E-state index in [1.807, 2.05) is 19.0 Å². The first-order chi connectivity index (χ1) is 5.09. The summed E-state index contributed by atoms with van der Waals surface area (Å²) in [6, 6.07) is -0.0724. The second kappa shape index (κ2) is 5.58. The molecule has 0 aliphatic carbocycles. The van der Waals surface area contributed by atoms with Gasteiger partial charge in [0.15, 0.2) is 0 Å². The first kappa shape index (κ1) is 10.9. The molecule has 0 heterocycles. The summed E-state index contributed by atoms with van der Waals surface area (Å²) < 4.78 is 0. The molecular weight excluding hydrogens is 207 g/mol. The second-order valence-corrected chi connectivity index (χ2v) is 4.73. The normalized spacial score (nSPS) is 13.5. The Bertz CT molecular complexity index is 128. The first-order valence-corrected chi connectivity index (χ1v) is 6.46. The summed E-state index contributed by atoms with van der Waals surface area (Å²) in [7, 11) is 3.77. The van der Waals surface area contributed by atoms with Crippen LogP contribution >= 0.6 is 0 Å². The van der Waals surface area contributed by atoms with Crippen molar-refractivity contribution >= 4 is 20.9 Å². The Morgan fingerprint density at radius 3 is 2.45 bits per heavy atom. The quantitative estimate of drug-likeness (QED) is 0.665. The van der Waals surface area contributed by atoms with Crippen LogP contribution < -0.4 is 5.73 Å². The zero-order chi connectivity index (χ0) is 8.85. The van der Waals surface area contributed by atoms with Crippen LogP contribution in [-0.2, 0) is 4.79 Å². The summed E-state index contributed by atoms with van der Waals surface area (Å²) in [5.74, 6) is 1.96. The number of hydrogen-bond acceptors (Lipinski definition) is 2. The molecule has 2 N–H and O–H groups in total. The van der Waals surface area contributed by atoms with Crippen molar-refractivity contribution < 1.29 is 4.79 Å². The van der Waals surface area contributed by atoms with Gasteiger partial charge in [0.05, 0.1) is 0 Å². The van der Waals surface area contributed by atoms with Gasteiger partial charge in [0.1, 0.15) is 0 Å². The zero-order valence-electron chi connectivity index (χ0n) is 7.33. The van der Waals surface area contributed by atoms with E-state index in [1.54, 1.807) is 0 Å². The van der Waals surface area contributed by atoms with Crippen molar-refractivity contribution in [2.45, 2.75) is 23.6 Å². The van der Waals surface area contributed by atoms with E-state index in [0.29, 0.717) is 15.0 Å². The molecule has 3 nitrogen and oxygen atoms in total. The third-order valence-corrected chi connectivity index (χ3v) is 2.90. The average Bonchev–Trinajstić information content (AvgIpc) is 1.87. The van der Waals surface area contributed by atoms with Crippen LogP contribution in [0.3, 0.4) is 0 Å². The topological polar surface area (TPSA) is 46.3 Å². The number of primary amides is 1. The number of hydrogen-bond donors (Lipinski definition) is 1. The van der Waals surface area contributed by atoms with E-state index >= 15 is 0 Å². The number of amides is 1. The Kier molecular flexibility index (Phi) is 5.56. The van der Waals surface area contributed by atoms with Gasteiger partial charge < -0.3 is 0 Å². The molecule has 11 heavy (non-hydrogen) atoms. The predicted molar refractivity (Wildman–Crippen MR) is 47.7 cm³/mol. The van der Waals surface area contributed by atoms with E-state index in [9.17, 15) is 4.79 Å². The number of nitrogens with two attached hydrogens (primary N) is 1. The monoisotopic (exact) mass is 224 g/mol. The number of rotatable bonds is 5. The fraction of sp³-hybridized carbons (Fsp3) is 0.857. The minimum atomic E-state index is -0.209. The molecule has 0 bridgehead atoms. The van der Waals surface area contributed by atoms with Crippen LogP contribution in [-0.4, -0.2) is 45.9 Å². The van der Waals surface area contributed by atoms with Gasteiger partial charge in [-0.25, -0.2) is 0 Å². The third-order valence-electron chi connectivity index (χ3n) is 1.55. The molecule has 0 radical (unpaired) electrons. The number of carbonyl (C=O) groups excluding carboxylic acids is 1. The molecule has 0 unspecified atom stereocenters. The van der Waals surface area contributed by atoms with Crippen molar-refractivity contribution in [3.8, 4) is 0 Å². The molecule has 0 saturated carbocycles. The third kappa shape index (κ3) is 4.40. The van der Waals surface area contributed by atoms with Gasteiger partial charge in [-0.15, -0.1) is 0 Å². The number of nitrogens with zero attached hydrogens (tertiary/aromatic N) is 1. The molecule has 0 aromatic carbocycles. The van der Waals surface area contributed by atoms with E-state index in [1.165, 1.54) is 0 Å². The SMILES string of the molecule is C[Se]CC[C@@H](C(N)=O)N(C)C. The number of likely N-dealkylation sites (N-methyl/N-ethyl adjacent to an activating group) is 1. The molecular formula is C7H16N2OSe. The summed E-state index contributed by atoms with van der Waals surface area (Å²) in [5.41, 5.74) is 5.20. The van der Waals surface area contributed by atoms with Crippen molar-refractivity contribution in [1.29, 1.82) is 0 Å². The summed E-state index contributed by atoms with van der Waals surface area (Å²) in [4.78, 5) is 12.7. The van der Waals surface area contributed by atoms with Crippen molar-refractivity contribution in [3.05, 3.63) is 0 Å². The Labute approximate surface area is 74.5 Å². The van der Waals surface area contributed by atoms with E-state index in [-0.39, 0.29) is 11.9 Å². The van der Waals surface area contributed by atoms with E-state index in [4.69, 9.17) is 5.73 Å². The molecule has 66 valence electrons. The van der Waals surface area contributed by atoms with Crippen molar-refractivity contribution in [1.82, 2.24) is 4.90 Å². The van der Waals surface area contributed by atoms with Crippen LogP contribution in [0.4, 0.5) is 0 Å². The van der Waals surface area contributed by atoms with E-state index < -0.39 is 0 Å². The second-order valence-electron chi connectivity index (χ2n) is 2.66. The molecule has 0 aliphatic rings. The maximum atomic E-state index is 10.8. The molecule has 0 fully saturated rings.